The summed E-state index contributed by atoms with van der Waals surface area (Å²) < 4.78 is 2.16. The summed E-state index contributed by atoms with van der Waals surface area (Å²) in [4.78, 5) is 16.8. The van der Waals surface area contributed by atoms with Crippen LogP contribution in [0.2, 0.25) is 0 Å². The lowest BCUT2D eigenvalue weighted by Crippen LogP contribution is -2.32. The van der Waals surface area contributed by atoms with Gasteiger partial charge in [-0.05, 0) is 70.6 Å². The quantitative estimate of drug-likeness (QED) is 0.644. The largest absolute Gasteiger partial charge is 0.390 e. The average Bonchev–Trinajstić information content (AvgIpc) is 3.43. The number of rotatable bonds is 6. The third-order valence-corrected chi connectivity index (χ3v) is 7.27. The van der Waals surface area contributed by atoms with Gasteiger partial charge in [-0.1, -0.05) is 12.1 Å². The van der Waals surface area contributed by atoms with Gasteiger partial charge in [-0.3, -0.25) is 14.3 Å². The Kier molecular flexibility index (Phi) is 5.88. The van der Waals surface area contributed by atoms with Crippen molar-refractivity contribution >= 4 is 11.5 Å². The predicted molar refractivity (Wildman–Crippen MR) is 127 cm³/mol. The van der Waals surface area contributed by atoms with Crippen molar-refractivity contribution < 1.29 is 5.11 Å². The van der Waals surface area contributed by atoms with Crippen LogP contribution in [0.4, 0.5) is 5.82 Å². The number of aliphatic hydroxyl groups is 1. The average molecular weight is 435 g/mol. The first-order valence-corrected chi connectivity index (χ1v) is 11.7. The van der Waals surface area contributed by atoms with Crippen LogP contribution in [0.5, 0.6) is 0 Å². The van der Waals surface area contributed by atoms with Crippen molar-refractivity contribution in [2.24, 2.45) is 0 Å². The number of aryl methyl sites for hydroxylation is 1. The molecule has 1 N–H and O–H groups in total. The summed E-state index contributed by atoms with van der Waals surface area (Å²) in [6.07, 6.45) is 6.44. The van der Waals surface area contributed by atoms with Crippen LogP contribution in [0.3, 0.4) is 0 Å². The third kappa shape index (κ3) is 3.78. The first kappa shape index (κ1) is 21.4. The zero-order valence-electron chi connectivity index (χ0n) is 19.4. The minimum absolute atomic E-state index is 0.0220. The maximum atomic E-state index is 10.4. The van der Waals surface area contributed by atoms with Crippen molar-refractivity contribution in [1.82, 2.24) is 24.2 Å². The van der Waals surface area contributed by atoms with Crippen LogP contribution >= 0.6 is 0 Å². The molecule has 32 heavy (non-hydrogen) atoms. The molecule has 1 aliphatic heterocycles. The fourth-order valence-electron chi connectivity index (χ4n) is 5.45. The molecular weight excluding hydrogens is 400 g/mol. The SMILES string of the molecule is CN(C)[C@H]1CCN(c2cccc3nc(CN(C)[C@H]4CCCc5cccnc54)c(CO)n23)C1. The molecule has 0 radical (unpaired) electrons. The number of fused-ring (bicyclic) bond motifs is 2. The van der Waals surface area contributed by atoms with Crippen molar-refractivity contribution in [2.75, 3.05) is 39.1 Å². The summed E-state index contributed by atoms with van der Waals surface area (Å²) >= 11 is 0. The van der Waals surface area contributed by atoms with E-state index in [1.165, 1.54) is 17.7 Å². The number of imidazole rings is 1. The molecule has 3 aromatic rings. The predicted octanol–water partition coefficient (Wildman–Crippen LogP) is 2.87. The van der Waals surface area contributed by atoms with Gasteiger partial charge >= 0.3 is 0 Å². The lowest BCUT2D eigenvalue weighted by Gasteiger charge is -2.32. The van der Waals surface area contributed by atoms with Crippen molar-refractivity contribution in [3.8, 4) is 0 Å². The summed E-state index contributed by atoms with van der Waals surface area (Å²) in [5.74, 6) is 1.13. The fourth-order valence-corrected chi connectivity index (χ4v) is 5.45. The number of aromatic nitrogens is 3. The first-order valence-electron chi connectivity index (χ1n) is 11.7. The van der Waals surface area contributed by atoms with E-state index in [9.17, 15) is 5.11 Å². The summed E-state index contributed by atoms with van der Waals surface area (Å²) in [7, 11) is 6.46. The number of hydrogen-bond donors (Lipinski definition) is 1. The number of likely N-dealkylation sites (N-methyl/N-ethyl adjacent to an activating group) is 1. The second kappa shape index (κ2) is 8.81. The standard InChI is InChI=1S/C25H34N6O/c1-28(2)19-12-14-30(15-19)24-11-5-10-23-27-20(22(17-32)31(23)24)16-29(3)21-9-4-7-18-8-6-13-26-25(18)21/h5-6,8,10-11,13,19,21,32H,4,7,9,12,14-17H2,1-3H3/t19-,21-/m0/s1. The Morgan fingerprint density at radius 2 is 2.00 bits per heavy atom. The van der Waals surface area contributed by atoms with Crippen LogP contribution in [0.25, 0.3) is 5.65 Å². The van der Waals surface area contributed by atoms with Crippen molar-refractivity contribution in [1.29, 1.82) is 0 Å². The Bertz CT molecular complexity index is 1090. The molecule has 7 heteroatoms. The van der Waals surface area contributed by atoms with E-state index < -0.39 is 0 Å². The van der Waals surface area contributed by atoms with Crippen LogP contribution in [0.15, 0.2) is 36.5 Å². The van der Waals surface area contributed by atoms with Crippen LogP contribution in [0.1, 0.15) is 47.9 Å². The molecule has 3 aromatic heterocycles. The number of anilines is 1. The highest BCUT2D eigenvalue weighted by molar-refractivity contribution is 5.55. The first-order chi connectivity index (χ1) is 15.6. The smallest absolute Gasteiger partial charge is 0.138 e. The number of pyridine rings is 2. The maximum Gasteiger partial charge on any atom is 0.138 e. The van der Waals surface area contributed by atoms with Gasteiger partial charge in [-0.25, -0.2) is 4.98 Å². The molecule has 1 aliphatic carbocycles. The van der Waals surface area contributed by atoms with Crippen LogP contribution in [0, 0.1) is 0 Å². The van der Waals surface area contributed by atoms with Crippen molar-refractivity contribution in [3.05, 3.63) is 59.2 Å². The lowest BCUT2D eigenvalue weighted by molar-refractivity contribution is 0.203. The summed E-state index contributed by atoms with van der Waals surface area (Å²) in [6, 6.07) is 11.4. The molecule has 1 fully saturated rings. The van der Waals surface area contributed by atoms with Gasteiger partial charge in [0.15, 0.2) is 0 Å². The molecule has 2 atom stereocenters. The molecule has 0 spiro atoms. The van der Waals surface area contributed by atoms with Crippen LogP contribution in [-0.4, -0.2) is 69.5 Å². The van der Waals surface area contributed by atoms with E-state index in [0.29, 0.717) is 12.6 Å². The molecule has 1 saturated heterocycles. The Labute approximate surface area is 190 Å². The molecule has 0 bridgehead atoms. The molecule has 170 valence electrons. The molecule has 4 heterocycles. The van der Waals surface area contributed by atoms with E-state index in [0.717, 1.165) is 55.2 Å². The Hall–Kier alpha value is -2.48. The third-order valence-electron chi connectivity index (χ3n) is 7.27. The minimum atomic E-state index is -0.0220. The van der Waals surface area contributed by atoms with E-state index in [4.69, 9.17) is 9.97 Å². The molecule has 0 aromatic carbocycles. The zero-order chi connectivity index (χ0) is 22.2. The van der Waals surface area contributed by atoms with Gasteiger partial charge in [0.25, 0.3) is 0 Å². The summed E-state index contributed by atoms with van der Waals surface area (Å²) in [6.45, 7) is 2.68. The van der Waals surface area contributed by atoms with Gasteiger partial charge in [-0.2, -0.15) is 0 Å². The van der Waals surface area contributed by atoms with Gasteiger partial charge in [0.2, 0.25) is 0 Å². The fraction of sp³-hybridized carbons (Fsp3) is 0.520. The topological polar surface area (TPSA) is 60.1 Å². The Morgan fingerprint density at radius 1 is 1.12 bits per heavy atom. The molecular formula is C25H34N6O. The zero-order valence-corrected chi connectivity index (χ0v) is 19.4. The van der Waals surface area contributed by atoms with Crippen molar-refractivity contribution in [2.45, 2.75) is 50.9 Å². The van der Waals surface area contributed by atoms with Crippen molar-refractivity contribution in [3.63, 3.8) is 0 Å². The molecule has 7 nitrogen and oxygen atoms in total. The second-order valence-electron chi connectivity index (χ2n) is 9.46. The van der Waals surface area contributed by atoms with E-state index >= 15 is 0 Å². The maximum absolute atomic E-state index is 10.4. The van der Waals surface area contributed by atoms with E-state index in [-0.39, 0.29) is 12.6 Å². The Morgan fingerprint density at radius 3 is 2.78 bits per heavy atom. The highest BCUT2D eigenvalue weighted by Gasteiger charge is 2.29. The van der Waals surface area contributed by atoms with E-state index in [2.05, 4.69) is 58.4 Å². The monoisotopic (exact) mass is 434 g/mol. The summed E-state index contributed by atoms with van der Waals surface area (Å²) in [5.41, 5.74) is 5.31. The number of hydrogen-bond acceptors (Lipinski definition) is 6. The second-order valence-corrected chi connectivity index (χ2v) is 9.46. The summed E-state index contributed by atoms with van der Waals surface area (Å²) in [5, 5.41) is 10.4. The molecule has 0 amide bonds. The lowest BCUT2D eigenvalue weighted by atomic mass is 9.91. The minimum Gasteiger partial charge on any atom is -0.390 e. The highest BCUT2D eigenvalue weighted by Crippen LogP contribution is 2.33. The van der Waals surface area contributed by atoms with Gasteiger partial charge in [0, 0.05) is 31.9 Å². The number of nitrogens with zero attached hydrogens (tertiary/aromatic N) is 6. The van der Waals surface area contributed by atoms with Gasteiger partial charge < -0.3 is 14.9 Å². The highest BCUT2D eigenvalue weighted by atomic mass is 16.3. The van der Waals surface area contributed by atoms with Crippen LogP contribution in [-0.2, 0) is 19.6 Å². The molecule has 2 aliphatic rings. The van der Waals surface area contributed by atoms with Gasteiger partial charge in [0.05, 0.1) is 29.7 Å². The number of aliphatic hydroxyl groups excluding tert-OH is 1. The van der Waals surface area contributed by atoms with E-state index in [1.807, 2.05) is 18.3 Å². The molecule has 5 rings (SSSR count). The molecule has 0 unspecified atom stereocenters. The van der Waals surface area contributed by atoms with Gasteiger partial charge in [0.1, 0.15) is 11.5 Å². The van der Waals surface area contributed by atoms with Crippen LogP contribution < -0.4 is 4.90 Å². The normalized spacial score (nSPS) is 21.1. The molecule has 0 saturated carbocycles. The Balaban J connectivity index is 1.46. The van der Waals surface area contributed by atoms with E-state index in [1.54, 1.807) is 0 Å². The van der Waals surface area contributed by atoms with Gasteiger partial charge in [-0.15, -0.1) is 0 Å².